The number of nitrogens with zero attached hydrogens (tertiary/aromatic N) is 2. The van der Waals surface area contributed by atoms with Gasteiger partial charge < -0.3 is 10.3 Å². The molecule has 0 aliphatic carbocycles. The zero-order chi connectivity index (χ0) is 13.2. The van der Waals surface area contributed by atoms with E-state index < -0.39 is 0 Å². The van der Waals surface area contributed by atoms with Crippen LogP contribution in [0.15, 0.2) is 34.9 Å². The molecule has 1 fully saturated rings. The van der Waals surface area contributed by atoms with E-state index in [1.54, 1.807) is 11.8 Å². The van der Waals surface area contributed by atoms with Crippen molar-refractivity contribution in [2.24, 2.45) is 5.73 Å². The average Bonchev–Trinajstić information content (AvgIpc) is 3.05. The van der Waals surface area contributed by atoms with Gasteiger partial charge >= 0.3 is 0 Å². The fraction of sp³-hybridized carbons (Fsp3) is 0.333. The number of hydrogen-bond donors (Lipinski definition) is 3. The average molecular weight is 277 g/mol. The van der Waals surface area contributed by atoms with E-state index in [1.807, 2.05) is 36.6 Å². The van der Waals surface area contributed by atoms with E-state index >= 15 is 0 Å². The highest BCUT2D eigenvalue weighted by molar-refractivity contribution is 7.99. The predicted molar refractivity (Wildman–Crippen MR) is 74.0 cm³/mol. The summed E-state index contributed by atoms with van der Waals surface area (Å²) >= 11 is 1.66. The summed E-state index contributed by atoms with van der Waals surface area (Å²) in [5.74, 6) is 1.11. The fourth-order valence-electron chi connectivity index (χ4n) is 2.11. The second-order valence-electron chi connectivity index (χ2n) is 4.32. The SMILES string of the molecule is CSC1NNC(N)C1c1nc(-c2ccccc2)no1. The molecule has 1 aliphatic rings. The van der Waals surface area contributed by atoms with Crippen molar-refractivity contribution in [1.29, 1.82) is 0 Å². The zero-order valence-electron chi connectivity index (χ0n) is 10.4. The quantitative estimate of drug-likeness (QED) is 0.768. The van der Waals surface area contributed by atoms with Gasteiger partial charge in [0.05, 0.1) is 17.5 Å². The molecule has 3 atom stereocenters. The first-order valence-corrected chi connectivity index (χ1v) is 7.27. The molecule has 3 rings (SSSR count). The Bertz CT molecular complexity index is 546. The van der Waals surface area contributed by atoms with E-state index in [2.05, 4.69) is 21.0 Å². The Morgan fingerprint density at radius 3 is 2.79 bits per heavy atom. The van der Waals surface area contributed by atoms with E-state index in [-0.39, 0.29) is 17.5 Å². The maximum atomic E-state index is 6.01. The smallest absolute Gasteiger partial charge is 0.235 e. The van der Waals surface area contributed by atoms with Crippen molar-refractivity contribution >= 4 is 11.8 Å². The monoisotopic (exact) mass is 277 g/mol. The highest BCUT2D eigenvalue weighted by Gasteiger charge is 2.38. The number of thioether (sulfide) groups is 1. The number of benzene rings is 1. The van der Waals surface area contributed by atoms with Gasteiger partial charge in [-0.3, -0.25) is 0 Å². The van der Waals surface area contributed by atoms with Gasteiger partial charge in [0.1, 0.15) is 0 Å². The number of nitrogens with two attached hydrogens (primary N) is 1. The number of rotatable bonds is 3. The number of hydrazine groups is 1. The summed E-state index contributed by atoms with van der Waals surface area (Å²) in [6.45, 7) is 0. The van der Waals surface area contributed by atoms with Gasteiger partial charge in [-0.15, -0.1) is 11.8 Å². The van der Waals surface area contributed by atoms with Gasteiger partial charge in [0.2, 0.25) is 11.7 Å². The van der Waals surface area contributed by atoms with Gasteiger partial charge in [-0.1, -0.05) is 35.5 Å². The summed E-state index contributed by atoms with van der Waals surface area (Å²) < 4.78 is 5.37. The van der Waals surface area contributed by atoms with Crippen molar-refractivity contribution in [2.45, 2.75) is 17.5 Å². The van der Waals surface area contributed by atoms with Gasteiger partial charge in [-0.2, -0.15) is 4.98 Å². The van der Waals surface area contributed by atoms with E-state index in [4.69, 9.17) is 10.3 Å². The summed E-state index contributed by atoms with van der Waals surface area (Å²) in [4.78, 5) is 4.46. The lowest BCUT2D eigenvalue weighted by Crippen LogP contribution is -2.38. The van der Waals surface area contributed by atoms with Crippen LogP contribution in [0.4, 0.5) is 0 Å². The van der Waals surface area contributed by atoms with Crippen molar-refractivity contribution in [3.05, 3.63) is 36.2 Å². The fourth-order valence-corrected chi connectivity index (χ4v) is 2.87. The second kappa shape index (κ2) is 5.30. The maximum Gasteiger partial charge on any atom is 0.235 e. The minimum Gasteiger partial charge on any atom is -0.338 e. The molecule has 1 saturated heterocycles. The van der Waals surface area contributed by atoms with Crippen LogP contribution in [0.2, 0.25) is 0 Å². The lowest BCUT2D eigenvalue weighted by molar-refractivity contribution is 0.344. The van der Waals surface area contributed by atoms with E-state index in [0.29, 0.717) is 11.7 Å². The van der Waals surface area contributed by atoms with E-state index in [1.165, 1.54) is 0 Å². The number of nitrogens with one attached hydrogen (secondary N) is 2. The first-order valence-electron chi connectivity index (χ1n) is 5.98. The van der Waals surface area contributed by atoms with Crippen molar-refractivity contribution in [3.8, 4) is 11.4 Å². The minimum atomic E-state index is -0.235. The Hall–Kier alpha value is -1.41. The summed E-state index contributed by atoms with van der Waals surface area (Å²) in [7, 11) is 0. The molecule has 2 aromatic rings. The van der Waals surface area contributed by atoms with Crippen molar-refractivity contribution in [3.63, 3.8) is 0 Å². The van der Waals surface area contributed by atoms with Gasteiger partial charge in [-0.25, -0.2) is 10.9 Å². The maximum absolute atomic E-state index is 6.01. The third-order valence-electron chi connectivity index (χ3n) is 3.12. The van der Waals surface area contributed by atoms with Gasteiger partial charge in [-0.05, 0) is 6.26 Å². The molecule has 1 aliphatic heterocycles. The van der Waals surface area contributed by atoms with Crippen LogP contribution in [0, 0.1) is 0 Å². The molecule has 19 heavy (non-hydrogen) atoms. The van der Waals surface area contributed by atoms with Crippen molar-refractivity contribution in [2.75, 3.05) is 6.26 Å². The molecule has 1 aromatic carbocycles. The van der Waals surface area contributed by atoms with Gasteiger partial charge in [0, 0.05) is 5.56 Å². The topological polar surface area (TPSA) is 89.0 Å². The predicted octanol–water partition coefficient (Wildman–Crippen LogP) is 0.902. The Morgan fingerprint density at radius 1 is 1.26 bits per heavy atom. The van der Waals surface area contributed by atoms with Crippen LogP contribution < -0.4 is 16.6 Å². The lowest BCUT2D eigenvalue weighted by atomic mass is 10.1. The molecule has 100 valence electrons. The Morgan fingerprint density at radius 2 is 2.05 bits per heavy atom. The second-order valence-corrected chi connectivity index (χ2v) is 5.30. The number of hydrogen-bond acceptors (Lipinski definition) is 7. The molecule has 0 amide bonds. The molecule has 0 saturated carbocycles. The Balaban J connectivity index is 1.89. The Labute approximate surface area is 115 Å². The van der Waals surface area contributed by atoms with Crippen LogP contribution in [0.1, 0.15) is 11.8 Å². The first-order chi connectivity index (χ1) is 9.29. The molecule has 2 heterocycles. The highest BCUT2D eigenvalue weighted by atomic mass is 32.2. The van der Waals surface area contributed by atoms with E-state index in [0.717, 1.165) is 5.56 Å². The molecule has 4 N–H and O–H groups in total. The van der Waals surface area contributed by atoms with Crippen LogP contribution in [-0.2, 0) is 0 Å². The first kappa shape index (κ1) is 12.6. The zero-order valence-corrected chi connectivity index (χ0v) is 11.2. The van der Waals surface area contributed by atoms with Crippen LogP contribution in [0.5, 0.6) is 0 Å². The minimum absolute atomic E-state index is 0.0417. The molecule has 0 bridgehead atoms. The van der Waals surface area contributed by atoms with Crippen LogP contribution in [0.25, 0.3) is 11.4 Å². The third kappa shape index (κ3) is 2.37. The van der Waals surface area contributed by atoms with Crippen molar-refractivity contribution in [1.82, 2.24) is 21.0 Å². The number of aromatic nitrogens is 2. The van der Waals surface area contributed by atoms with Gasteiger partial charge in [0.25, 0.3) is 0 Å². The summed E-state index contributed by atoms with van der Waals surface area (Å²) in [5, 5.41) is 4.15. The molecule has 3 unspecified atom stereocenters. The molecular formula is C12H15N5OS. The summed E-state index contributed by atoms with van der Waals surface area (Å²) in [6, 6.07) is 9.74. The Kier molecular flexibility index (Phi) is 3.52. The van der Waals surface area contributed by atoms with Crippen LogP contribution in [0.3, 0.4) is 0 Å². The van der Waals surface area contributed by atoms with Crippen molar-refractivity contribution < 1.29 is 4.52 Å². The van der Waals surface area contributed by atoms with Crippen LogP contribution in [-0.4, -0.2) is 27.9 Å². The normalized spacial score (nSPS) is 26.7. The lowest BCUT2D eigenvalue weighted by Gasteiger charge is -2.14. The summed E-state index contributed by atoms with van der Waals surface area (Å²) in [6.07, 6.45) is 1.78. The summed E-state index contributed by atoms with van der Waals surface area (Å²) in [5.41, 5.74) is 13.1. The molecule has 6 nitrogen and oxygen atoms in total. The third-order valence-corrected chi connectivity index (χ3v) is 4.04. The molecule has 0 spiro atoms. The standard InChI is InChI=1S/C12H15N5OS/c1-19-12-8(9(13)15-16-12)11-14-10(17-18-11)7-5-3-2-4-6-7/h2-6,8-9,12,15-16H,13H2,1H3. The largest absolute Gasteiger partial charge is 0.338 e. The molecular weight excluding hydrogens is 262 g/mol. The molecule has 7 heteroatoms. The van der Waals surface area contributed by atoms with Crippen LogP contribution >= 0.6 is 11.8 Å². The van der Waals surface area contributed by atoms with Gasteiger partial charge in [0.15, 0.2) is 0 Å². The highest BCUT2D eigenvalue weighted by Crippen LogP contribution is 2.30. The molecule has 0 radical (unpaired) electrons. The molecule has 1 aromatic heterocycles. The van der Waals surface area contributed by atoms with E-state index in [9.17, 15) is 0 Å².